The smallest absolute Gasteiger partial charge is 0.174 e. The fraction of sp³-hybridized carbons (Fsp3) is 0.211. The number of fused-ring (bicyclic) bond motifs is 2. The van der Waals surface area contributed by atoms with Gasteiger partial charge in [0.05, 0.1) is 11.2 Å². The van der Waals surface area contributed by atoms with Crippen LogP contribution in [0.1, 0.15) is 25.1 Å². The van der Waals surface area contributed by atoms with Crippen LogP contribution in [0.15, 0.2) is 60.7 Å². The first kappa shape index (κ1) is 13.3. The van der Waals surface area contributed by atoms with E-state index in [4.69, 9.17) is 9.72 Å². The lowest BCUT2D eigenvalue weighted by atomic mass is 9.79. The maximum Gasteiger partial charge on any atom is 0.174 e. The summed E-state index contributed by atoms with van der Waals surface area (Å²) in [7, 11) is 0. The molecule has 0 unspecified atom stereocenters. The van der Waals surface area contributed by atoms with E-state index in [-0.39, 0.29) is 0 Å². The minimum atomic E-state index is -1.27. The fourth-order valence-electron chi connectivity index (χ4n) is 3.24. The monoisotopic (exact) mass is 291 g/mol. The third-order valence-corrected chi connectivity index (χ3v) is 4.48. The highest BCUT2D eigenvalue weighted by molar-refractivity contribution is 5.78. The molecule has 0 saturated carbocycles. The highest BCUT2D eigenvalue weighted by Crippen LogP contribution is 2.50. The van der Waals surface area contributed by atoms with Crippen molar-refractivity contribution >= 4 is 10.9 Å². The van der Waals surface area contributed by atoms with Crippen molar-refractivity contribution < 1.29 is 9.84 Å². The molecule has 2 aromatic carbocycles. The molecule has 3 aromatic rings. The van der Waals surface area contributed by atoms with Crippen LogP contribution in [0, 0.1) is 0 Å². The predicted molar refractivity (Wildman–Crippen MR) is 85.9 cm³/mol. The van der Waals surface area contributed by atoms with Crippen LogP contribution in [0.3, 0.4) is 0 Å². The lowest BCUT2D eigenvalue weighted by Crippen LogP contribution is -2.48. The van der Waals surface area contributed by atoms with E-state index in [0.29, 0.717) is 11.4 Å². The number of hydrogen-bond acceptors (Lipinski definition) is 3. The molecular formula is C19H17NO2. The Hall–Kier alpha value is -2.39. The second-order valence-corrected chi connectivity index (χ2v) is 6.21. The first-order chi connectivity index (χ1) is 10.5. The van der Waals surface area contributed by atoms with Crippen molar-refractivity contribution in [1.29, 1.82) is 0 Å². The Balaban J connectivity index is 1.98. The second-order valence-electron chi connectivity index (χ2n) is 6.21. The van der Waals surface area contributed by atoms with Crippen molar-refractivity contribution in [1.82, 2.24) is 4.98 Å². The van der Waals surface area contributed by atoms with Crippen LogP contribution in [0.25, 0.3) is 10.9 Å². The summed E-state index contributed by atoms with van der Waals surface area (Å²) in [6, 6.07) is 19.4. The van der Waals surface area contributed by atoms with Gasteiger partial charge < -0.3 is 9.84 Å². The normalized spacial score (nSPS) is 22.3. The van der Waals surface area contributed by atoms with E-state index >= 15 is 0 Å². The van der Waals surface area contributed by atoms with Crippen molar-refractivity contribution in [3.05, 3.63) is 71.9 Å². The van der Waals surface area contributed by atoms with E-state index < -0.39 is 11.2 Å². The largest absolute Gasteiger partial charge is 0.484 e. The van der Waals surface area contributed by atoms with Crippen molar-refractivity contribution in [3.8, 4) is 5.75 Å². The molecule has 0 spiro atoms. The van der Waals surface area contributed by atoms with Gasteiger partial charge in [0.2, 0.25) is 0 Å². The number of rotatable bonds is 1. The Labute approximate surface area is 129 Å². The summed E-state index contributed by atoms with van der Waals surface area (Å²) < 4.78 is 5.99. The average Bonchev–Trinajstić information content (AvgIpc) is 2.74. The Morgan fingerprint density at radius 1 is 0.909 bits per heavy atom. The van der Waals surface area contributed by atoms with Gasteiger partial charge in [0.25, 0.3) is 0 Å². The highest BCUT2D eigenvalue weighted by atomic mass is 16.5. The number of para-hydroxylation sites is 2. The number of pyridine rings is 1. The lowest BCUT2D eigenvalue weighted by molar-refractivity contribution is -0.0666. The number of nitrogens with zero attached hydrogens (tertiary/aromatic N) is 1. The SMILES string of the molecule is CC1(C)Oc2ccccc2[C@@]1(O)c1ccc2ccccc2n1. The number of hydrogen-bond donors (Lipinski definition) is 1. The third kappa shape index (κ3) is 1.63. The maximum absolute atomic E-state index is 11.5. The predicted octanol–water partition coefficient (Wildman–Crippen LogP) is 3.64. The van der Waals surface area contributed by atoms with Crippen LogP contribution in [0.2, 0.25) is 0 Å². The molecule has 3 heteroatoms. The highest BCUT2D eigenvalue weighted by Gasteiger charge is 2.55. The Morgan fingerprint density at radius 2 is 1.64 bits per heavy atom. The number of aliphatic hydroxyl groups is 1. The second kappa shape index (κ2) is 4.31. The average molecular weight is 291 g/mol. The van der Waals surface area contributed by atoms with E-state index in [1.54, 1.807) is 0 Å². The van der Waals surface area contributed by atoms with Gasteiger partial charge in [-0.1, -0.05) is 42.5 Å². The Bertz CT molecular complexity index is 872. The number of aromatic nitrogens is 1. The van der Waals surface area contributed by atoms with Crippen LogP contribution < -0.4 is 4.74 Å². The molecule has 1 aliphatic rings. The van der Waals surface area contributed by atoms with Gasteiger partial charge in [-0.3, -0.25) is 0 Å². The molecule has 0 radical (unpaired) electrons. The summed E-state index contributed by atoms with van der Waals surface area (Å²) in [5.41, 5.74) is 0.192. The van der Waals surface area contributed by atoms with E-state index in [0.717, 1.165) is 16.5 Å². The fourth-order valence-corrected chi connectivity index (χ4v) is 3.24. The zero-order chi connectivity index (χ0) is 15.4. The van der Waals surface area contributed by atoms with Crippen LogP contribution in [0.5, 0.6) is 5.75 Å². The molecule has 2 heterocycles. The Morgan fingerprint density at radius 3 is 2.50 bits per heavy atom. The molecular weight excluding hydrogens is 274 g/mol. The summed E-state index contributed by atoms with van der Waals surface area (Å²) in [6.07, 6.45) is 0. The molecule has 1 aliphatic heterocycles. The van der Waals surface area contributed by atoms with Crippen LogP contribution in [-0.4, -0.2) is 15.7 Å². The molecule has 110 valence electrons. The van der Waals surface area contributed by atoms with Gasteiger partial charge in [0, 0.05) is 10.9 Å². The first-order valence-electron chi connectivity index (χ1n) is 7.39. The first-order valence-corrected chi connectivity index (χ1v) is 7.39. The topological polar surface area (TPSA) is 42.4 Å². The van der Waals surface area contributed by atoms with Gasteiger partial charge in [-0.05, 0) is 32.0 Å². The summed E-state index contributed by atoms with van der Waals surface area (Å²) in [6.45, 7) is 3.79. The summed E-state index contributed by atoms with van der Waals surface area (Å²) >= 11 is 0. The van der Waals surface area contributed by atoms with E-state index in [2.05, 4.69) is 0 Å². The lowest BCUT2D eigenvalue weighted by Gasteiger charge is -2.34. The maximum atomic E-state index is 11.5. The molecule has 0 amide bonds. The zero-order valence-electron chi connectivity index (χ0n) is 12.6. The molecule has 1 atom stereocenters. The minimum absolute atomic E-state index is 0.612. The van der Waals surface area contributed by atoms with Crippen molar-refractivity contribution in [2.24, 2.45) is 0 Å². The van der Waals surface area contributed by atoms with Gasteiger partial charge in [-0.25, -0.2) is 4.98 Å². The van der Waals surface area contributed by atoms with Crippen LogP contribution in [0.4, 0.5) is 0 Å². The molecule has 0 bridgehead atoms. The van der Waals surface area contributed by atoms with Crippen molar-refractivity contribution in [2.45, 2.75) is 25.0 Å². The van der Waals surface area contributed by atoms with Crippen molar-refractivity contribution in [3.63, 3.8) is 0 Å². The summed E-state index contributed by atoms with van der Waals surface area (Å²) in [5.74, 6) is 0.713. The van der Waals surface area contributed by atoms with E-state index in [9.17, 15) is 5.11 Å². The van der Waals surface area contributed by atoms with E-state index in [1.165, 1.54) is 0 Å². The van der Waals surface area contributed by atoms with Gasteiger partial charge in [-0.2, -0.15) is 0 Å². The molecule has 4 rings (SSSR count). The molecule has 3 nitrogen and oxygen atoms in total. The third-order valence-electron chi connectivity index (χ3n) is 4.48. The van der Waals surface area contributed by atoms with Gasteiger partial charge in [-0.15, -0.1) is 0 Å². The van der Waals surface area contributed by atoms with Crippen molar-refractivity contribution in [2.75, 3.05) is 0 Å². The van der Waals surface area contributed by atoms with Gasteiger partial charge >= 0.3 is 0 Å². The molecule has 1 N–H and O–H groups in total. The molecule has 0 fully saturated rings. The van der Waals surface area contributed by atoms with Crippen LogP contribution >= 0.6 is 0 Å². The molecule has 22 heavy (non-hydrogen) atoms. The molecule has 0 aliphatic carbocycles. The standard InChI is InChI=1S/C19H17NO2/c1-18(2)19(21,14-8-4-6-10-16(14)22-18)17-12-11-13-7-3-5-9-15(13)20-17/h3-12,21H,1-2H3/t19-/m1/s1. The van der Waals surface area contributed by atoms with E-state index in [1.807, 2.05) is 74.5 Å². The Kier molecular flexibility index (Phi) is 2.60. The van der Waals surface area contributed by atoms with Gasteiger partial charge in [0.1, 0.15) is 11.4 Å². The summed E-state index contributed by atoms with van der Waals surface area (Å²) in [4.78, 5) is 4.69. The molecule has 0 saturated heterocycles. The molecule has 1 aromatic heterocycles. The minimum Gasteiger partial charge on any atom is -0.484 e. The van der Waals surface area contributed by atoms with Crippen LogP contribution in [-0.2, 0) is 5.60 Å². The number of ether oxygens (including phenoxy) is 1. The zero-order valence-corrected chi connectivity index (χ0v) is 12.6. The number of benzene rings is 2. The summed E-state index contributed by atoms with van der Waals surface area (Å²) in [5, 5.41) is 12.6. The van der Waals surface area contributed by atoms with Gasteiger partial charge in [0.15, 0.2) is 5.60 Å². The quantitative estimate of drug-likeness (QED) is 0.744.